The summed E-state index contributed by atoms with van der Waals surface area (Å²) in [4.78, 5) is 4.51. The number of rotatable bonds is 2. The Hall–Kier alpha value is -1.46. The van der Waals surface area contributed by atoms with E-state index >= 15 is 0 Å². The SMILES string of the molecule is CC(C)(C)c1nc2c(C(N)CO)cccn2n1. The Morgan fingerprint density at radius 3 is 2.76 bits per heavy atom. The molecule has 2 aromatic heterocycles. The third-order valence-corrected chi connectivity index (χ3v) is 2.66. The van der Waals surface area contributed by atoms with E-state index in [1.165, 1.54) is 0 Å². The summed E-state index contributed by atoms with van der Waals surface area (Å²) >= 11 is 0. The fourth-order valence-corrected chi connectivity index (χ4v) is 1.63. The lowest BCUT2D eigenvalue weighted by Gasteiger charge is -2.11. The van der Waals surface area contributed by atoms with Crippen molar-refractivity contribution in [1.29, 1.82) is 0 Å². The molecule has 92 valence electrons. The van der Waals surface area contributed by atoms with Gasteiger partial charge >= 0.3 is 0 Å². The van der Waals surface area contributed by atoms with Crippen molar-refractivity contribution < 1.29 is 5.11 Å². The third kappa shape index (κ3) is 2.16. The molecule has 5 heteroatoms. The first-order valence-corrected chi connectivity index (χ1v) is 5.65. The maximum absolute atomic E-state index is 9.13. The van der Waals surface area contributed by atoms with Crippen molar-refractivity contribution in [2.75, 3.05) is 6.61 Å². The van der Waals surface area contributed by atoms with Crippen molar-refractivity contribution in [2.45, 2.75) is 32.2 Å². The van der Waals surface area contributed by atoms with Gasteiger partial charge in [0.15, 0.2) is 11.5 Å². The maximum atomic E-state index is 9.13. The molecule has 0 fully saturated rings. The summed E-state index contributed by atoms with van der Waals surface area (Å²) in [5.41, 5.74) is 7.28. The molecular formula is C12H18N4O. The zero-order valence-corrected chi connectivity index (χ0v) is 10.4. The van der Waals surface area contributed by atoms with E-state index in [1.54, 1.807) is 4.52 Å². The van der Waals surface area contributed by atoms with E-state index in [9.17, 15) is 0 Å². The smallest absolute Gasteiger partial charge is 0.160 e. The Labute approximate surface area is 100 Å². The number of aliphatic hydroxyl groups is 1. The molecule has 0 aliphatic heterocycles. The number of aromatic nitrogens is 3. The Morgan fingerprint density at radius 2 is 2.18 bits per heavy atom. The maximum Gasteiger partial charge on any atom is 0.160 e. The van der Waals surface area contributed by atoms with Crippen LogP contribution in [-0.2, 0) is 5.41 Å². The Morgan fingerprint density at radius 1 is 1.47 bits per heavy atom. The molecule has 0 radical (unpaired) electrons. The van der Waals surface area contributed by atoms with E-state index in [4.69, 9.17) is 10.8 Å². The topological polar surface area (TPSA) is 76.4 Å². The number of pyridine rings is 1. The lowest BCUT2D eigenvalue weighted by atomic mass is 9.96. The lowest BCUT2D eigenvalue weighted by Crippen LogP contribution is -2.15. The van der Waals surface area contributed by atoms with Gasteiger partial charge in [-0.05, 0) is 6.07 Å². The van der Waals surface area contributed by atoms with E-state index in [0.29, 0.717) is 0 Å². The van der Waals surface area contributed by atoms with Gasteiger partial charge in [0.05, 0.1) is 12.6 Å². The average Bonchev–Trinajstić information content (AvgIpc) is 2.71. The van der Waals surface area contributed by atoms with E-state index in [0.717, 1.165) is 17.0 Å². The van der Waals surface area contributed by atoms with E-state index in [1.807, 2.05) is 18.3 Å². The largest absolute Gasteiger partial charge is 0.394 e. The number of fused-ring (bicyclic) bond motifs is 1. The molecule has 0 spiro atoms. The highest BCUT2D eigenvalue weighted by molar-refractivity contribution is 5.49. The molecule has 0 saturated carbocycles. The number of hydrogen-bond donors (Lipinski definition) is 2. The van der Waals surface area contributed by atoms with Crippen LogP contribution in [0, 0.1) is 0 Å². The van der Waals surface area contributed by atoms with Gasteiger partial charge < -0.3 is 10.8 Å². The zero-order chi connectivity index (χ0) is 12.6. The Kier molecular flexibility index (Phi) is 2.89. The first-order chi connectivity index (χ1) is 7.93. The molecule has 2 aromatic rings. The normalized spacial score (nSPS) is 14.2. The van der Waals surface area contributed by atoms with Gasteiger partial charge in [0, 0.05) is 17.2 Å². The molecule has 1 atom stereocenters. The van der Waals surface area contributed by atoms with Crippen LogP contribution >= 0.6 is 0 Å². The molecule has 5 nitrogen and oxygen atoms in total. The minimum atomic E-state index is -0.421. The molecule has 0 bridgehead atoms. The van der Waals surface area contributed by atoms with Crippen LogP contribution < -0.4 is 5.73 Å². The van der Waals surface area contributed by atoms with Gasteiger partial charge in [-0.15, -0.1) is 0 Å². The lowest BCUT2D eigenvalue weighted by molar-refractivity contribution is 0.268. The second-order valence-electron chi connectivity index (χ2n) is 5.21. The third-order valence-electron chi connectivity index (χ3n) is 2.66. The van der Waals surface area contributed by atoms with Gasteiger partial charge in [-0.2, -0.15) is 5.10 Å². The van der Waals surface area contributed by atoms with Crippen molar-refractivity contribution in [3.05, 3.63) is 29.7 Å². The van der Waals surface area contributed by atoms with Crippen LogP contribution in [0.5, 0.6) is 0 Å². The molecule has 0 aromatic carbocycles. The van der Waals surface area contributed by atoms with Crippen LogP contribution in [0.4, 0.5) is 0 Å². The zero-order valence-electron chi connectivity index (χ0n) is 10.4. The van der Waals surface area contributed by atoms with Gasteiger partial charge in [0.2, 0.25) is 0 Å². The molecule has 2 heterocycles. The van der Waals surface area contributed by atoms with Crippen LogP contribution in [0.25, 0.3) is 5.65 Å². The summed E-state index contributed by atoms with van der Waals surface area (Å²) in [5.74, 6) is 0.773. The standard InChI is InChI=1S/C12H18N4O/c1-12(2,3)11-14-10-8(9(13)7-17)5-4-6-16(10)15-11/h4-6,9,17H,7,13H2,1-3H3. The molecule has 2 rings (SSSR count). The molecule has 0 saturated heterocycles. The second kappa shape index (κ2) is 4.09. The predicted octanol–water partition coefficient (Wildman–Crippen LogP) is 1.02. The highest BCUT2D eigenvalue weighted by atomic mass is 16.3. The molecule has 3 N–H and O–H groups in total. The number of nitrogens with two attached hydrogens (primary N) is 1. The van der Waals surface area contributed by atoms with Crippen LogP contribution in [-0.4, -0.2) is 26.3 Å². The fraction of sp³-hybridized carbons (Fsp3) is 0.500. The van der Waals surface area contributed by atoms with Gasteiger partial charge in [-0.1, -0.05) is 26.8 Å². The molecule has 1 unspecified atom stereocenters. The van der Waals surface area contributed by atoms with Gasteiger partial charge in [-0.25, -0.2) is 9.50 Å². The molecule has 0 aliphatic rings. The first kappa shape index (κ1) is 12.0. The summed E-state index contributed by atoms with van der Waals surface area (Å²) in [7, 11) is 0. The summed E-state index contributed by atoms with van der Waals surface area (Å²) < 4.78 is 1.71. The first-order valence-electron chi connectivity index (χ1n) is 5.65. The average molecular weight is 234 g/mol. The van der Waals surface area contributed by atoms with Crippen molar-refractivity contribution >= 4 is 5.65 Å². The van der Waals surface area contributed by atoms with E-state index in [-0.39, 0.29) is 12.0 Å². The fourth-order valence-electron chi connectivity index (χ4n) is 1.63. The Balaban J connectivity index is 2.61. The predicted molar refractivity (Wildman–Crippen MR) is 65.7 cm³/mol. The van der Waals surface area contributed by atoms with Gasteiger partial charge in [-0.3, -0.25) is 0 Å². The highest BCUT2D eigenvalue weighted by Crippen LogP contribution is 2.22. The Bertz CT molecular complexity index is 527. The summed E-state index contributed by atoms with van der Waals surface area (Å²) in [6, 6.07) is 3.31. The van der Waals surface area contributed by atoms with E-state index < -0.39 is 6.04 Å². The molecular weight excluding hydrogens is 216 g/mol. The quantitative estimate of drug-likeness (QED) is 0.813. The molecule has 17 heavy (non-hydrogen) atoms. The van der Waals surface area contributed by atoms with Crippen molar-refractivity contribution in [1.82, 2.24) is 14.6 Å². The number of aliphatic hydroxyl groups excluding tert-OH is 1. The minimum Gasteiger partial charge on any atom is -0.394 e. The summed E-state index contributed by atoms with van der Waals surface area (Å²) in [6.07, 6.45) is 1.84. The van der Waals surface area contributed by atoms with Crippen molar-refractivity contribution in [2.24, 2.45) is 5.73 Å². The highest BCUT2D eigenvalue weighted by Gasteiger charge is 2.21. The molecule has 0 amide bonds. The second-order valence-corrected chi connectivity index (χ2v) is 5.21. The van der Waals surface area contributed by atoms with Crippen LogP contribution in [0.15, 0.2) is 18.3 Å². The number of nitrogens with zero attached hydrogens (tertiary/aromatic N) is 3. The minimum absolute atomic E-state index is 0.0998. The summed E-state index contributed by atoms with van der Waals surface area (Å²) in [6.45, 7) is 6.09. The van der Waals surface area contributed by atoms with E-state index in [2.05, 4.69) is 30.9 Å². The van der Waals surface area contributed by atoms with Crippen LogP contribution in [0.1, 0.15) is 38.2 Å². The monoisotopic (exact) mass is 234 g/mol. The van der Waals surface area contributed by atoms with Crippen LogP contribution in [0.3, 0.4) is 0 Å². The summed E-state index contributed by atoms with van der Waals surface area (Å²) in [5, 5.41) is 13.6. The molecule has 0 aliphatic carbocycles. The van der Waals surface area contributed by atoms with Crippen molar-refractivity contribution in [3.8, 4) is 0 Å². The van der Waals surface area contributed by atoms with Crippen molar-refractivity contribution in [3.63, 3.8) is 0 Å². The van der Waals surface area contributed by atoms with Gasteiger partial charge in [0.1, 0.15) is 0 Å². The van der Waals surface area contributed by atoms with Crippen LogP contribution in [0.2, 0.25) is 0 Å². The number of hydrogen-bond acceptors (Lipinski definition) is 4. The van der Waals surface area contributed by atoms with Gasteiger partial charge in [0.25, 0.3) is 0 Å².